The summed E-state index contributed by atoms with van der Waals surface area (Å²) in [7, 11) is 0. The molecule has 0 fully saturated rings. The van der Waals surface area contributed by atoms with E-state index in [2.05, 4.69) is 6.92 Å². The minimum absolute atomic E-state index is 0.224. The van der Waals surface area contributed by atoms with E-state index in [0.717, 1.165) is 28.9 Å². The molecule has 5 heteroatoms. The van der Waals surface area contributed by atoms with E-state index in [9.17, 15) is 5.11 Å². The SMILES string of the molecule is CCn1c(N)[n+](C[C@H](O)COc2cccc(C)c2)c2ccccc21. The molecule has 0 spiro atoms. The molecule has 2 aromatic carbocycles. The highest BCUT2D eigenvalue weighted by molar-refractivity contribution is 5.73. The lowest BCUT2D eigenvalue weighted by Gasteiger charge is -2.12. The first-order valence-corrected chi connectivity index (χ1v) is 8.24. The van der Waals surface area contributed by atoms with Gasteiger partial charge in [-0.2, -0.15) is 0 Å². The van der Waals surface area contributed by atoms with Gasteiger partial charge in [0.15, 0.2) is 0 Å². The van der Waals surface area contributed by atoms with Gasteiger partial charge in [-0.3, -0.25) is 5.73 Å². The molecule has 0 aliphatic rings. The van der Waals surface area contributed by atoms with Gasteiger partial charge in [0.25, 0.3) is 0 Å². The van der Waals surface area contributed by atoms with Gasteiger partial charge in [-0.1, -0.05) is 24.3 Å². The van der Waals surface area contributed by atoms with Gasteiger partial charge in [0, 0.05) is 0 Å². The van der Waals surface area contributed by atoms with Gasteiger partial charge in [-0.25, -0.2) is 9.13 Å². The van der Waals surface area contributed by atoms with E-state index in [-0.39, 0.29) is 6.61 Å². The van der Waals surface area contributed by atoms with Crippen LogP contribution in [-0.2, 0) is 13.1 Å². The average molecular weight is 326 g/mol. The van der Waals surface area contributed by atoms with Crippen LogP contribution in [0.25, 0.3) is 11.0 Å². The smallest absolute Gasteiger partial charge is 0.356 e. The van der Waals surface area contributed by atoms with Crippen molar-refractivity contribution < 1.29 is 14.4 Å². The molecule has 3 N–H and O–H groups in total. The van der Waals surface area contributed by atoms with Crippen LogP contribution in [-0.4, -0.2) is 22.4 Å². The summed E-state index contributed by atoms with van der Waals surface area (Å²) >= 11 is 0. The summed E-state index contributed by atoms with van der Waals surface area (Å²) < 4.78 is 9.69. The number of nitrogen functional groups attached to an aromatic ring is 1. The number of para-hydroxylation sites is 2. The molecule has 5 nitrogen and oxygen atoms in total. The zero-order valence-electron chi connectivity index (χ0n) is 14.1. The molecule has 1 atom stereocenters. The average Bonchev–Trinajstić information content (AvgIpc) is 2.85. The summed E-state index contributed by atoms with van der Waals surface area (Å²) in [6.45, 7) is 5.48. The van der Waals surface area contributed by atoms with E-state index in [1.807, 2.05) is 64.6 Å². The number of aromatic nitrogens is 2. The molecule has 0 amide bonds. The number of imidazole rings is 1. The molecule has 0 saturated heterocycles. The van der Waals surface area contributed by atoms with E-state index in [0.29, 0.717) is 12.5 Å². The molecule has 3 rings (SSSR count). The summed E-state index contributed by atoms with van der Waals surface area (Å²) in [5, 5.41) is 10.4. The molecule has 0 bridgehead atoms. The van der Waals surface area contributed by atoms with E-state index in [4.69, 9.17) is 10.5 Å². The van der Waals surface area contributed by atoms with E-state index in [1.54, 1.807) is 0 Å². The quantitative estimate of drug-likeness (QED) is 0.683. The fourth-order valence-corrected chi connectivity index (χ4v) is 3.00. The third-order valence-electron chi connectivity index (χ3n) is 4.16. The number of nitrogens with two attached hydrogens (primary N) is 1. The standard InChI is InChI=1S/C19H23N3O2/c1-3-21-17-9-4-5-10-18(17)22(19(21)20)12-15(23)13-24-16-8-6-7-14(2)11-16/h4-11,15,20,23H,3,12-13H2,1-2H3/p+1/t15-/m0/s1. The summed E-state index contributed by atoms with van der Waals surface area (Å²) in [4.78, 5) is 0. The van der Waals surface area contributed by atoms with Gasteiger partial charge in [0.05, 0.1) is 6.54 Å². The number of ether oxygens (including phenoxy) is 1. The fourth-order valence-electron chi connectivity index (χ4n) is 3.00. The number of rotatable bonds is 6. The Morgan fingerprint density at radius 2 is 2.00 bits per heavy atom. The van der Waals surface area contributed by atoms with E-state index in [1.165, 1.54) is 0 Å². The van der Waals surface area contributed by atoms with Crippen molar-refractivity contribution in [3.8, 4) is 5.75 Å². The molecule has 3 aromatic rings. The van der Waals surface area contributed by atoms with Gasteiger partial charge < -0.3 is 9.84 Å². The minimum Gasteiger partial charge on any atom is -0.491 e. The highest BCUT2D eigenvalue weighted by Crippen LogP contribution is 2.16. The van der Waals surface area contributed by atoms with Crippen molar-refractivity contribution >= 4 is 17.0 Å². The van der Waals surface area contributed by atoms with Crippen molar-refractivity contribution in [1.29, 1.82) is 0 Å². The number of anilines is 1. The van der Waals surface area contributed by atoms with Crippen molar-refractivity contribution in [3.63, 3.8) is 0 Å². The number of nitrogens with zero attached hydrogens (tertiary/aromatic N) is 2. The zero-order chi connectivity index (χ0) is 17.1. The molecular formula is C19H24N3O2+. The molecule has 0 aliphatic carbocycles. The molecule has 126 valence electrons. The molecule has 24 heavy (non-hydrogen) atoms. The van der Waals surface area contributed by atoms with Gasteiger partial charge >= 0.3 is 5.95 Å². The van der Waals surface area contributed by atoms with Crippen LogP contribution in [0.1, 0.15) is 12.5 Å². The maximum absolute atomic E-state index is 10.4. The maximum Gasteiger partial charge on any atom is 0.356 e. The highest BCUT2D eigenvalue weighted by atomic mass is 16.5. The van der Waals surface area contributed by atoms with Crippen LogP contribution in [0.4, 0.5) is 5.95 Å². The lowest BCUT2D eigenvalue weighted by Crippen LogP contribution is -2.43. The third kappa shape index (κ3) is 3.21. The zero-order valence-corrected chi connectivity index (χ0v) is 14.1. The maximum atomic E-state index is 10.4. The van der Waals surface area contributed by atoms with Crippen LogP contribution in [0.2, 0.25) is 0 Å². The lowest BCUT2D eigenvalue weighted by molar-refractivity contribution is -0.665. The highest BCUT2D eigenvalue weighted by Gasteiger charge is 2.22. The number of aliphatic hydroxyl groups is 1. The Bertz CT molecular complexity index is 842. The number of hydrogen-bond donors (Lipinski definition) is 2. The van der Waals surface area contributed by atoms with Gasteiger partial charge in [0.2, 0.25) is 0 Å². The number of benzene rings is 2. The van der Waals surface area contributed by atoms with Crippen LogP contribution in [0.5, 0.6) is 5.75 Å². The normalized spacial score (nSPS) is 12.5. The van der Waals surface area contributed by atoms with Crippen LogP contribution in [0.15, 0.2) is 48.5 Å². The molecule has 1 aromatic heterocycles. The lowest BCUT2D eigenvalue weighted by atomic mass is 10.2. The minimum atomic E-state index is -0.645. The first-order chi connectivity index (χ1) is 11.6. The Morgan fingerprint density at radius 3 is 2.75 bits per heavy atom. The topological polar surface area (TPSA) is 64.3 Å². The number of aryl methyl sites for hydroxylation is 2. The van der Waals surface area contributed by atoms with Crippen LogP contribution >= 0.6 is 0 Å². The Balaban J connectivity index is 1.76. The third-order valence-corrected chi connectivity index (χ3v) is 4.16. The second kappa shape index (κ2) is 6.93. The monoisotopic (exact) mass is 326 g/mol. The molecule has 0 aliphatic heterocycles. The molecule has 0 saturated carbocycles. The van der Waals surface area contributed by atoms with Crippen molar-refractivity contribution in [3.05, 3.63) is 54.1 Å². The predicted molar refractivity (Wildman–Crippen MR) is 94.9 cm³/mol. The Kier molecular flexibility index (Phi) is 4.71. The number of fused-ring (bicyclic) bond motifs is 1. The van der Waals surface area contributed by atoms with Gasteiger partial charge in [-0.05, 0) is 43.7 Å². The van der Waals surface area contributed by atoms with E-state index < -0.39 is 6.10 Å². The summed E-state index contributed by atoms with van der Waals surface area (Å²) in [5.41, 5.74) is 9.50. The largest absolute Gasteiger partial charge is 0.491 e. The van der Waals surface area contributed by atoms with Crippen LogP contribution in [0, 0.1) is 6.92 Å². The Hall–Kier alpha value is -2.53. The second-order valence-electron chi connectivity index (χ2n) is 5.98. The summed E-state index contributed by atoms with van der Waals surface area (Å²) in [6, 6.07) is 15.8. The van der Waals surface area contributed by atoms with Crippen molar-refractivity contribution in [2.45, 2.75) is 33.0 Å². The van der Waals surface area contributed by atoms with Crippen molar-refractivity contribution in [1.82, 2.24) is 4.57 Å². The Labute approximate surface area is 141 Å². The van der Waals surface area contributed by atoms with Crippen molar-refractivity contribution in [2.75, 3.05) is 12.3 Å². The number of aliphatic hydroxyl groups excluding tert-OH is 1. The van der Waals surface area contributed by atoms with Gasteiger partial charge in [0.1, 0.15) is 36.0 Å². The first-order valence-electron chi connectivity index (χ1n) is 8.24. The van der Waals surface area contributed by atoms with Gasteiger partial charge in [-0.15, -0.1) is 0 Å². The molecule has 1 heterocycles. The van der Waals surface area contributed by atoms with E-state index >= 15 is 0 Å². The fraction of sp³-hybridized carbons (Fsp3) is 0.316. The molecular weight excluding hydrogens is 302 g/mol. The summed E-state index contributed by atoms with van der Waals surface area (Å²) in [5.74, 6) is 1.41. The second-order valence-corrected chi connectivity index (χ2v) is 5.98. The number of hydrogen-bond acceptors (Lipinski definition) is 3. The molecule has 0 radical (unpaired) electrons. The Morgan fingerprint density at radius 1 is 1.21 bits per heavy atom. The van der Waals surface area contributed by atoms with Crippen LogP contribution in [0.3, 0.4) is 0 Å². The predicted octanol–water partition coefficient (Wildman–Crippen LogP) is 2.28. The molecule has 0 unspecified atom stereocenters. The van der Waals surface area contributed by atoms with Crippen LogP contribution < -0.4 is 15.0 Å². The first kappa shape index (κ1) is 16.3. The summed E-state index contributed by atoms with van der Waals surface area (Å²) in [6.07, 6.45) is -0.645. The van der Waals surface area contributed by atoms with Crippen molar-refractivity contribution in [2.24, 2.45) is 0 Å².